The molecule has 0 atom stereocenters. The maximum atomic E-state index is 5.84. The van der Waals surface area contributed by atoms with Crippen LogP contribution in [0.5, 0.6) is 0 Å². The number of rotatable bonds is 3. The summed E-state index contributed by atoms with van der Waals surface area (Å²) < 4.78 is 6.29. The van der Waals surface area contributed by atoms with Gasteiger partial charge in [-0.05, 0) is 29.1 Å². The second-order valence-corrected chi connectivity index (χ2v) is 5.88. The van der Waals surface area contributed by atoms with Crippen LogP contribution in [0, 0.1) is 0 Å². The fraction of sp³-hybridized carbons (Fsp3) is 0.0769. The average Bonchev–Trinajstić information content (AvgIpc) is 3.01. The van der Waals surface area contributed by atoms with Crippen LogP contribution < -0.4 is 5.73 Å². The van der Waals surface area contributed by atoms with E-state index in [1.807, 2.05) is 35.7 Å². The molecule has 2 N–H and O–H groups in total. The van der Waals surface area contributed by atoms with E-state index in [4.69, 9.17) is 10.3 Å². The highest BCUT2D eigenvalue weighted by Crippen LogP contribution is 2.29. The van der Waals surface area contributed by atoms with Gasteiger partial charge < -0.3 is 10.3 Å². The van der Waals surface area contributed by atoms with Crippen LogP contribution in [0.4, 0.5) is 5.00 Å². The summed E-state index contributed by atoms with van der Waals surface area (Å²) in [6.45, 7) is 0. The number of benzene rings is 1. The van der Waals surface area contributed by atoms with Crippen LogP contribution in [0.2, 0.25) is 0 Å². The molecule has 0 saturated carbocycles. The molecule has 0 aliphatic heterocycles. The molecule has 3 rings (SSSR count). The van der Waals surface area contributed by atoms with E-state index >= 15 is 0 Å². The number of anilines is 1. The Morgan fingerprint density at radius 3 is 2.68 bits per heavy atom. The van der Waals surface area contributed by atoms with Crippen molar-refractivity contribution in [2.75, 3.05) is 5.73 Å². The summed E-state index contributed by atoms with van der Waals surface area (Å²) in [7, 11) is 0. The molecule has 0 aliphatic rings. The molecule has 3 aromatic rings. The zero-order valence-corrected chi connectivity index (χ0v) is 12.2. The van der Waals surface area contributed by atoms with Crippen molar-refractivity contribution in [2.45, 2.75) is 6.42 Å². The van der Waals surface area contributed by atoms with Crippen molar-refractivity contribution >= 4 is 32.3 Å². The van der Waals surface area contributed by atoms with Crippen LogP contribution in [0.3, 0.4) is 0 Å². The summed E-state index contributed by atoms with van der Waals surface area (Å²) in [6, 6.07) is 9.93. The lowest BCUT2D eigenvalue weighted by Gasteiger charge is -1.96. The maximum Gasteiger partial charge on any atom is 0.260 e. The first kappa shape index (κ1) is 12.4. The van der Waals surface area contributed by atoms with Gasteiger partial charge in [0.05, 0.1) is 10.6 Å². The summed E-state index contributed by atoms with van der Waals surface area (Å²) in [6.07, 6.45) is 0.640. The largest absolute Gasteiger partial charge is 0.390 e. The highest BCUT2D eigenvalue weighted by Gasteiger charge is 2.12. The standard InChI is InChI=1S/C13H10BrN3OS/c14-9-3-1-8(2-4-9)7-11-16-13(18-17-11)10-5-6-19-12(10)15/h1-6H,7,15H2. The molecule has 0 spiro atoms. The van der Waals surface area contributed by atoms with Gasteiger partial charge in [0.15, 0.2) is 5.82 Å². The van der Waals surface area contributed by atoms with Gasteiger partial charge in [0.25, 0.3) is 5.89 Å². The van der Waals surface area contributed by atoms with E-state index in [9.17, 15) is 0 Å². The van der Waals surface area contributed by atoms with E-state index in [0.29, 0.717) is 23.1 Å². The number of nitrogen functional groups attached to an aromatic ring is 1. The fourth-order valence-corrected chi connectivity index (χ4v) is 2.62. The first-order valence-electron chi connectivity index (χ1n) is 5.63. The number of halogens is 1. The third-order valence-electron chi connectivity index (χ3n) is 2.67. The molecule has 2 heterocycles. The van der Waals surface area contributed by atoms with Crippen molar-refractivity contribution in [1.29, 1.82) is 0 Å². The van der Waals surface area contributed by atoms with E-state index in [-0.39, 0.29) is 0 Å². The Labute approximate surface area is 122 Å². The first-order valence-corrected chi connectivity index (χ1v) is 7.30. The molecule has 6 heteroatoms. The van der Waals surface area contributed by atoms with Crippen LogP contribution in [-0.2, 0) is 6.42 Å². The van der Waals surface area contributed by atoms with E-state index in [2.05, 4.69) is 26.1 Å². The number of thiophene rings is 1. The van der Waals surface area contributed by atoms with Gasteiger partial charge in [-0.2, -0.15) is 4.98 Å². The zero-order valence-electron chi connectivity index (χ0n) is 9.84. The molecule has 96 valence electrons. The minimum atomic E-state index is 0.478. The summed E-state index contributed by atoms with van der Waals surface area (Å²) in [5.41, 5.74) is 7.77. The first-order chi connectivity index (χ1) is 9.22. The maximum absolute atomic E-state index is 5.84. The minimum absolute atomic E-state index is 0.478. The smallest absolute Gasteiger partial charge is 0.260 e. The van der Waals surface area contributed by atoms with Gasteiger partial charge in [0.1, 0.15) is 0 Å². The quantitative estimate of drug-likeness (QED) is 0.791. The molecule has 1 aromatic carbocycles. The van der Waals surface area contributed by atoms with E-state index in [1.54, 1.807) is 0 Å². The van der Waals surface area contributed by atoms with Crippen molar-refractivity contribution in [3.63, 3.8) is 0 Å². The van der Waals surface area contributed by atoms with Crippen molar-refractivity contribution < 1.29 is 4.52 Å². The molecule has 0 amide bonds. The van der Waals surface area contributed by atoms with E-state index in [1.165, 1.54) is 11.3 Å². The molecule has 0 radical (unpaired) electrons. The SMILES string of the molecule is Nc1sccc1-c1nc(Cc2ccc(Br)cc2)no1. The Bertz CT molecular complexity index is 690. The third kappa shape index (κ3) is 2.69. The second-order valence-electron chi connectivity index (χ2n) is 4.02. The van der Waals surface area contributed by atoms with Gasteiger partial charge in [-0.1, -0.05) is 33.2 Å². The van der Waals surface area contributed by atoms with E-state index in [0.717, 1.165) is 15.6 Å². The number of nitrogens with zero attached hydrogens (tertiary/aromatic N) is 2. The minimum Gasteiger partial charge on any atom is -0.390 e. The van der Waals surface area contributed by atoms with Crippen LogP contribution >= 0.6 is 27.3 Å². The predicted molar refractivity (Wildman–Crippen MR) is 79.0 cm³/mol. The molecule has 4 nitrogen and oxygen atoms in total. The Morgan fingerprint density at radius 1 is 1.21 bits per heavy atom. The highest BCUT2D eigenvalue weighted by molar-refractivity contribution is 9.10. The molecule has 0 fully saturated rings. The number of aromatic nitrogens is 2. The molecule has 0 saturated heterocycles. The highest BCUT2D eigenvalue weighted by atomic mass is 79.9. The zero-order chi connectivity index (χ0) is 13.2. The molecule has 0 bridgehead atoms. The second kappa shape index (κ2) is 5.14. The Morgan fingerprint density at radius 2 is 2.00 bits per heavy atom. The summed E-state index contributed by atoms with van der Waals surface area (Å²) >= 11 is 4.87. The van der Waals surface area contributed by atoms with Crippen LogP contribution in [0.15, 0.2) is 44.7 Å². The molecular formula is C13H10BrN3OS. The van der Waals surface area contributed by atoms with Crippen molar-refractivity contribution in [3.8, 4) is 11.5 Å². The summed E-state index contributed by atoms with van der Waals surface area (Å²) in [4.78, 5) is 4.37. The predicted octanol–water partition coefficient (Wildman–Crippen LogP) is 3.73. The molecule has 0 unspecified atom stereocenters. The monoisotopic (exact) mass is 335 g/mol. The Hall–Kier alpha value is -1.66. The number of hydrogen-bond acceptors (Lipinski definition) is 5. The van der Waals surface area contributed by atoms with Crippen LogP contribution in [0.25, 0.3) is 11.5 Å². The van der Waals surface area contributed by atoms with Gasteiger partial charge in [0.2, 0.25) is 0 Å². The summed E-state index contributed by atoms with van der Waals surface area (Å²) in [5, 5.41) is 6.58. The molecule has 0 aliphatic carbocycles. The van der Waals surface area contributed by atoms with E-state index < -0.39 is 0 Å². The molecule has 19 heavy (non-hydrogen) atoms. The van der Waals surface area contributed by atoms with Crippen LogP contribution in [-0.4, -0.2) is 10.1 Å². The van der Waals surface area contributed by atoms with Gasteiger partial charge in [-0.3, -0.25) is 0 Å². The third-order valence-corrected chi connectivity index (χ3v) is 3.94. The van der Waals surface area contributed by atoms with Crippen molar-refractivity contribution in [2.24, 2.45) is 0 Å². The van der Waals surface area contributed by atoms with Crippen molar-refractivity contribution in [3.05, 3.63) is 51.6 Å². The molecular weight excluding hydrogens is 326 g/mol. The van der Waals surface area contributed by atoms with Crippen LogP contribution in [0.1, 0.15) is 11.4 Å². The Balaban J connectivity index is 1.82. The number of hydrogen-bond donors (Lipinski definition) is 1. The topological polar surface area (TPSA) is 64.9 Å². The lowest BCUT2D eigenvalue weighted by atomic mass is 10.1. The van der Waals surface area contributed by atoms with Gasteiger partial charge in [-0.25, -0.2) is 0 Å². The fourth-order valence-electron chi connectivity index (χ4n) is 1.72. The van der Waals surface area contributed by atoms with Gasteiger partial charge >= 0.3 is 0 Å². The number of nitrogens with two attached hydrogens (primary N) is 1. The van der Waals surface area contributed by atoms with Gasteiger partial charge in [0, 0.05) is 10.9 Å². The molecule has 2 aromatic heterocycles. The lowest BCUT2D eigenvalue weighted by Crippen LogP contribution is -1.90. The Kier molecular flexibility index (Phi) is 3.35. The summed E-state index contributed by atoms with van der Waals surface area (Å²) in [5.74, 6) is 1.13. The normalized spacial score (nSPS) is 10.8. The average molecular weight is 336 g/mol. The lowest BCUT2D eigenvalue weighted by molar-refractivity contribution is 0.424. The van der Waals surface area contributed by atoms with Gasteiger partial charge in [-0.15, -0.1) is 11.3 Å². The van der Waals surface area contributed by atoms with Crippen molar-refractivity contribution in [1.82, 2.24) is 10.1 Å².